The van der Waals surface area contributed by atoms with Crippen molar-refractivity contribution < 1.29 is 19.0 Å². The van der Waals surface area contributed by atoms with Crippen LogP contribution >= 0.6 is 0 Å². The topological polar surface area (TPSA) is 141 Å². The summed E-state index contributed by atoms with van der Waals surface area (Å²) in [6.45, 7) is 5.45. The predicted molar refractivity (Wildman–Crippen MR) is 98.4 cm³/mol. The van der Waals surface area contributed by atoms with Gasteiger partial charge in [0, 0.05) is 12.4 Å². The van der Waals surface area contributed by atoms with E-state index >= 15 is 0 Å². The number of anilines is 1. The van der Waals surface area contributed by atoms with Gasteiger partial charge in [-0.15, -0.1) is 0 Å². The number of methoxy groups -OCH3 is 1. The highest BCUT2D eigenvalue weighted by Gasteiger charge is 2.26. The molecule has 0 bridgehead atoms. The van der Waals surface area contributed by atoms with Gasteiger partial charge in [0.2, 0.25) is 5.91 Å². The largest absolute Gasteiger partial charge is 0.467 e. The number of carbonyl (C=O) groups is 2. The maximum Gasteiger partial charge on any atom is 0.328 e. The first-order valence-corrected chi connectivity index (χ1v) is 8.90. The standard InChI is InChI=1S/C17H24N6O5/c1-5-11(17(26)27-4)20-15(24)13(6-2)23-8-7-18-14(16(23)25)19-9-12-10(3)21-28-22-12/h7-8,11,13H,5-6,9H2,1-4H3,(H,18,19)(H,20,24)/t11-,13-/m0/s1. The predicted octanol–water partition coefficient (Wildman–Crippen LogP) is 0.566. The summed E-state index contributed by atoms with van der Waals surface area (Å²) >= 11 is 0. The van der Waals surface area contributed by atoms with Crippen molar-refractivity contribution in [2.45, 2.75) is 52.2 Å². The Morgan fingerprint density at radius 1 is 1.29 bits per heavy atom. The molecule has 2 heterocycles. The minimum Gasteiger partial charge on any atom is -0.467 e. The van der Waals surface area contributed by atoms with Gasteiger partial charge in [0.05, 0.1) is 13.7 Å². The maximum absolute atomic E-state index is 12.8. The number of hydrogen-bond donors (Lipinski definition) is 2. The molecule has 0 aliphatic heterocycles. The van der Waals surface area contributed by atoms with Crippen molar-refractivity contribution in [3.63, 3.8) is 0 Å². The first-order valence-electron chi connectivity index (χ1n) is 8.90. The fourth-order valence-electron chi connectivity index (χ4n) is 2.62. The van der Waals surface area contributed by atoms with Crippen LogP contribution in [0.1, 0.15) is 44.1 Å². The molecule has 152 valence electrons. The normalized spacial score (nSPS) is 12.9. The van der Waals surface area contributed by atoms with Gasteiger partial charge in [-0.2, -0.15) is 0 Å². The third-order valence-corrected chi connectivity index (χ3v) is 4.27. The van der Waals surface area contributed by atoms with Gasteiger partial charge < -0.3 is 15.4 Å². The molecule has 2 rings (SSSR count). The van der Waals surface area contributed by atoms with Crippen LogP contribution in [0.25, 0.3) is 0 Å². The molecule has 0 aromatic carbocycles. The van der Waals surface area contributed by atoms with Crippen molar-refractivity contribution >= 4 is 17.7 Å². The zero-order valence-electron chi connectivity index (χ0n) is 16.3. The van der Waals surface area contributed by atoms with Crippen molar-refractivity contribution in [3.05, 3.63) is 34.1 Å². The maximum atomic E-state index is 12.8. The Hall–Kier alpha value is -3.24. The van der Waals surface area contributed by atoms with E-state index in [-0.39, 0.29) is 12.4 Å². The molecule has 2 aromatic heterocycles. The summed E-state index contributed by atoms with van der Waals surface area (Å²) in [5.41, 5.74) is 0.679. The Balaban J connectivity index is 2.19. The van der Waals surface area contributed by atoms with E-state index in [2.05, 4.69) is 35.3 Å². The van der Waals surface area contributed by atoms with E-state index in [1.807, 2.05) is 0 Å². The van der Waals surface area contributed by atoms with E-state index in [1.54, 1.807) is 20.8 Å². The van der Waals surface area contributed by atoms with Gasteiger partial charge in [-0.25, -0.2) is 14.4 Å². The quantitative estimate of drug-likeness (QED) is 0.586. The van der Waals surface area contributed by atoms with Crippen LogP contribution in [0, 0.1) is 6.92 Å². The number of ether oxygens (including phenoxy) is 1. The second-order valence-electron chi connectivity index (χ2n) is 6.05. The van der Waals surface area contributed by atoms with Crippen LogP contribution in [0.2, 0.25) is 0 Å². The summed E-state index contributed by atoms with van der Waals surface area (Å²) in [4.78, 5) is 41.2. The average Bonchev–Trinajstić information content (AvgIpc) is 3.11. The van der Waals surface area contributed by atoms with E-state index in [0.717, 1.165) is 0 Å². The number of nitrogens with one attached hydrogen (secondary N) is 2. The zero-order chi connectivity index (χ0) is 20.7. The Labute approximate surface area is 161 Å². The summed E-state index contributed by atoms with van der Waals surface area (Å²) in [5, 5.41) is 12.9. The Kier molecular flexibility index (Phi) is 7.24. The molecule has 11 heteroatoms. The number of rotatable bonds is 9. The first-order chi connectivity index (χ1) is 13.4. The van der Waals surface area contributed by atoms with Crippen molar-refractivity contribution in [2.75, 3.05) is 12.4 Å². The van der Waals surface area contributed by atoms with E-state index in [0.29, 0.717) is 24.2 Å². The molecule has 2 aromatic rings. The highest BCUT2D eigenvalue weighted by Crippen LogP contribution is 2.11. The number of esters is 1. The van der Waals surface area contributed by atoms with Crippen LogP contribution in [0.4, 0.5) is 5.82 Å². The summed E-state index contributed by atoms with van der Waals surface area (Å²) in [6, 6.07) is -1.57. The molecule has 2 atom stereocenters. The molecule has 2 N–H and O–H groups in total. The second-order valence-corrected chi connectivity index (χ2v) is 6.05. The van der Waals surface area contributed by atoms with E-state index < -0.39 is 29.5 Å². The van der Waals surface area contributed by atoms with E-state index in [1.165, 1.54) is 24.1 Å². The highest BCUT2D eigenvalue weighted by molar-refractivity contribution is 5.86. The van der Waals surface area contributed by atoms with Crippen LogP contribution in [0.15, 0.2) is 21.8 Å². The first kappa shape index (κ1) is 21.1. The Morgan fingerprint density at radius 3 is 2.61 bits per heavy atom. The van der Waals surface area contributed by atoms with Gasteiger partial charge in [-0.05, 0) is 19.8 Å². The fourth-order valence-corrected chi connectivity index (χ4v) is 2.62. The van der Waals surface area contributed by atoms with Crippen molar-refractivity contribution in [1.82, 2.24) is 25.2 Å². The molecule has 0 fully saturated rings. The second kappa shape index (κ2) is 9.62. The van der Waals surface area contributed by atoms with Gasteiger partial charge in [0.1, 0.15) is 23.5 Å². The molecular formula is C17H24N6O5. The molecule has 0 aliphatic carbocycles. The number of hydrogen-bond acceptors (Lipinski definition) is 9. The minimum absolute atomic E-state index is 0.0659. The lowest BCUT2D eigenvalue weighted by atomic mass is 10.1. The van der Waals surface area contributed by atoms with Crippen LogP contribution in [0.5, 0.6) is 0 Å². The molecule has 0 saturated heterocycles. The summed E-state index contributed by atoms with van der Waals surface area (Å²) < 4.78 is 10.6. The lowest BCUT2D eigenvalue weighted by molar-refractivity contribution is -0.145. The van der Waals surface area contributed by atoms with Gasteiger partial charge in [0.25, 0.3) is 5.56 Å². The van der Waals surface area contributed by atoms with Gasteiger partial charge in [-0.3, -0.25) is 14.2 Å². The third kappa shape index (κ3) is 4.72. The summed E-state index contributed by atoms with van der Waals surface area (Å²) in [7, 11) is 1.26. The van der Waals surface area contributed by atoms with Crippen molar-refractivity contribution in [1.29, 1.82) is 0 Å². The number of aromatic nitrogens is 4. The third-order valence-electron chi connectivity index (χ3n) is 4.27. The molecule has 11 nitrogen and oxygen atoms in total. The lowest BCUT2D eigenvalue weighted by Gasteiger charge is -2.21. The molecular weight excluding hydrogens is 368 g/mol. The number of amides is 1. The van der Waals surface area contributed by atoms with Crippen LogP contribution in [-0.4, -0.2) is 44.9 Å². The van der Waals surface area contributed by atoms with Gasteiger partial charge in [0.15, 0.2) is 5.82 Å². The lowest BCUT2D eigenvalue weighted by Crippen LogP contribution is -2.45. The van der Waals surface area contributed by atoms with Crippen LogP contribution in [0.3, 0.4) is 0 Å². The molecule has 0 unspecified atom stereocenters. The zero-order valence-corrected chi connectivity index (χ0v) is 16.3. The van der Waals surface area contributed by atoms with E-state index in [9.17, 15) is 14.4 Å². The van der Waals surface area contributed by atoms with Crippen molar-refractivity contribution in [3.8, 4) is 0 Å². The molecule has 0 spiro atoms. The number of nitrogens with zero attached hydrogens (tertiary/aromatic N) is 4. The fraction of sp³-hybridized carbons (Fsp3) is 0.529. The smallest absolute Gasteiger partial charge is 0.328 e. The van der Waals surface area contributed by atoms with Crippen molar-refractivity contribution in [2.24, 2.45) is 0 Å². The number of carbonyl (C=O) groups excluding carboxylic acids is 2. The summed E-state index contributed by atoms with van der Waals surface area (Å²) in [6.07, 6.45) is 3.57. The molecule has 28 heavy (non-hydrogen) atoms. The highest BCUT2D eigenvalue weighted by atomic mass is 16.6. The Morgan fingerprint density at radius 2 is 2.04 bits per heavy atom. The van der Waals surface area contributed by atoms with Crippen LogP contribution in [-0.2, 0) is 20.9 Å². The van der Waals surface area contributed by atoms with Crippen LogP contribution < -0.4 is 16.2 Å². The monoisotopic (exact) mass is 392 g/mol. The number of aryl methyl sites for hydroxylation is 1. The molecule has 1 amide bonds. The van der Waals surface area contributed by atoms with Gasteiger partial charge in [-0.1, -0.05) is 24.2 Å². The average molecular weight is 392 g/mol. The minimum atomic E-state index is -0.801. The van der Waals surface area contributed by atoms with Gasteiger partial charge >= 0.3 is 5.97 Å². The summed E-state index contributed by atoms with van der Waals surface area (Å²) in [5.74, 6) is -0.918. The molecule has 0 aliphatic rings. The SMILES string of the molecule is CC[C@H](NC(=O)[C@H](CC)n1ccnc(NCc2nonc2C)c1=O)C(=O)OC. The van der Waals surface area contributed by atoms with E-state index in [4.69, 9.17) is 0 Å². The molecule has 0 saturated carbocycles. The Bertz CT molecular complexity index is 877. The molecule has 0 radical (unpaired) electrons.